The Morgan fingerprint density at radius 3 is 1.93 bits per heavy atom. The molecular formula is C10H17O3S-. The maximum Gasteiger partial charge on any atom is 0.101 e. The van der Waals surface area contributed by atoms with Crippen LogP contribution in [0.1, 0.15) is 40.0 Å². The maximum absolute atomic E-state index is 11.4. The molecule has 0 heterocycles. The number of fused-ring (bicyclic) bond motifs is 2. The summed E-state index contributed by atoms with van der Waals surface area (Å²) in [6, 6.07) is 0. The highest BCUT2D eigenvalue weighted by Crippen LogP contribution is 2.64. The molecular weight excluding hydrogens is 200 g/mol. The molecule has 0 aromatic rings. The van der Waals surface area contributed by atoms with E-state index in [9.17, 15) is 13.0 Å². The van der Waals surface area contributed by atoms with Gasteiger partial charge in [0.15, 0.2) is 0 Å². The summed E-state index contributed by atoms with van der Waals surface area (Å²) in [5, 5.41) is 0. The van der Waals surface area contributed by atoms with Crippen molar-refractivity contribution in [3.8, 4) is 0 Å². The Morgan fingerprint density at radius 1 is 1.14 bits per heavy atom. The van der Waals surface area contributed by atoms with E-state index >= 15 is 0 Å². The Labute approximate surface area is 85.6 Å². The van der Waals surface area contributed by atoms with E-state index in [1.165, 1.54) is 0 Å². The van der Waals surface area contributed by atoms with Crippen LogP contribution in [0.5, 0.6) is 0 Å². The van der Waals surface area contributed by atoms with Gasteiger partial charge >= 0.3 is 0 Å². The van der Waals surface area contributed by atoms with Gasteiger partial charge in [-0.2, -0.15) is 0 Å². The molecule has 14 heavy (non-hydrogen) atoms. The van der Waals surface area contributed by atoms with E-state index in [0.717, 1.165) is 19.3 Å². The number of rotatable bonds is 1. The third-order valence-corrected chi connectivity index (χ3v) is 6.93. The quantitative estimate of drug-likeness (QED) is 0.629. The minimum atomic E-state index is -4.19. The molecule has 3 atom stereocenters. The first-order valence-corrected chi connectivity index (χ1v) is 6.57. The predicted molar refractivity (Wildman–Crippen MR) is 52.7 cm³/mol. The molecule has 3 nitrogen and oxygen atoms in total. The van der Waals surface area contributed by atoms with Crippen molar-refractivity contribution in [2.45, 2.75) is 44.8 Å². The Bertz CT molecular complexity index is 358. The molecule has 0 spiro atoms. The summed E-state index contributed by atoms with van der Waals surface area (Å²) in [7, 11) is -4.19. The van der Waals surface area contributed by atoms with E-state index in [1.807, 2.05) is 13.8 Å². The van der Waals surface area contributed by atoms with Gasteiger partial charge in [0, 0.05) is 0 Å². The minimum absolute atomic E-state index is 0.0880. The van der Waals surface area contributed by atoms with Gasteiger partial charge in [-0.1, -0.05) is 13.8 Å². The largest absolute Gasteiger partial charge is 0.748 e. The van der Waals surface area contributed by atoms with Crippen LogP contribution in [0.4, 0.5) is 0 Å². The highest BCUT2D eigenvalue weighted by atomic mass is 32.2. The van der Waals surface area contributed by atoms with Crippen LogP contribution in [-0.2, 0) is 10.1 Å². The molecule has 4 heteroatoms. The summed E-state index contributed by atoms with van der Waals surface area (Å²) in [5.74, 6) is 0.506. The van der Waals surface area contributed by atoms with E-state index in [2.05, 4.69) is 0 Å². The molecule has 82 valence electrons. The van der Waals surface area contributed by atoms with Crippen LogP contribution in [0.15, 0.2) is 0 Å². The summed E-state index contributed by atoms with van der Waals surface area (Å²) >= 11 is 0. The van der Waals surface area contributed by atoms with Crippen LogP contribution in [0.3, 0.4) is 0 Å². The van der Waals surface area contributed by atoms with Gasteiger partial charge in [-0.3, -0.25) is 0 Å². The van der Waals surface area contributed by atoms with E-state index in [-0.39, 0.29) is 11.3 Å². The van der Waals surface area contributed by atoms with Gasteiger partial charge < -0.3 is 4.55 Å². The topological polar surface area (TPSA) is 57.2 Å². The second-order valence-corrected chi connectivity index (χ2v) is 7.25. The predicted octanol–water partition coefficient (Wildman–Crippen LogP) is 1.75. The first-order valence-electron chi connectivity index (χ1n) is 5.16. The lowest BCUT2D eigenvalue weighted by Crippen LogP contribution is -2.52. The molecule has 0 unspecified atom stereocenters. The molecule has 2 bridgehead atoms. The Kier molecular flexibility index (Phi) is 1.88. The number of hydrogen-bond acceptors (Lipinski definition) is 3. The SMILES string of the molecule is CC1(C)[C@H]2CC[C@H](C2)[C@@]1(C)S(=O)(=O)[O-]. The molecule has 0 aromatic heterocycles. The van der Waals surface area contributed by atoms with E-state index in [0.29, 0.717) is 5.92 Å². The highest BCUT2D eigenvalue weighted by Gasteiger charge is 2.63. The van der Waals surface area contributed by atoms with Crippen molar-refractivity contribution in [2.24, 2.45) is 17.3 Å². The lowest BCUT2D eigenvalue weighted by atomic mass is 9.69. The zero-order valence-electron chi connectivity index (χ0n) is 8.91. The van der Waals surface area contributed by atoms with Gasteiger partial charge in [-0.25, -0.2) is 8.42 Å². The van der Waals surface area contributed by atoms with Gasteiger partial charge in [0.25, 0.3) is 0 Å². The van der Waals surface area contributed by atoms with Crippen LogP contribution in [-0.4, -0.2) is 17.7 Å². The van der Waals surface area contributed by atoms with Gasteiger partial charge in [0.05, 0.1) is 4.75 Å². The first-order chi connectivity index (χ1) is 6.21. The smallest absolute Gasteiger partial charge is 0.101 e. The third kappa shape index (κ3) is 0.936. The van der Waals surface area contributed by atoms with E-state index in [4.69, 9.17) is 0 Å². The van der Waals surface area contributed by atoms with Crippen LogP contribution in [0, 0.1) is 17.3 Å². The Hall–Kier alpha value is -0.0900. The van der Waals surface area contributed by atoms with Gasteiger partial charge in [-0.15, -0.1) is 0 Å². The molecule has 0 saturated heterocycles. The molecule has 0 radical (unpaired) electrons. The average molecular weight is 217 g/mol. The summed E-state index contributed by atoms with van der Waals surface area (Å²) < 4.78 is 33.2. The van der Waals surface area contributed by atoms with Crippen molar-refractivity contribution in [2.75, 3.05) is 0 Å². The maximum atomic E-state index is 11.4. The third-order valence-electron chi connectivity index (χ3n) is 5.03. The second-order valence-electron chi connectivity index (χ2n) is 5.49. The van der Waals surface area contributed by atoms with Gasteiger partial charge in [-0.05, 0) is 43.4 Å². The second kappa shape index (κ2) is 2.53. The Balaban J connectivity index is 2.55. The van der Waals surface area contributed by atoms with Crippen molar-refractivity contribution in [1.82, 2.24) is 0 Å². The lowest BCUT2D eigenvalue weighted by molar-refractivity contribution is 0.147. The normalized spacial score (nSPS) is 45.7. The fourth-order valence-corrected chi connectivity index (χ4v) is 5.03. The van der Waals surface area contributed by atoms with Crippen molar-refractivity contribution in [1.29, 1.82) is 0 Å². The molecule has 2 aliphatic rings. The molecule has 2 fully saturated rings. The lowest BCUT2D eigenvalue weighted by Gasteiger charge is -2.48. The summed E-state index contributed by atoms with van der Waals surface area (Å²) in [4.78, 5) is 0. The summed E-state index contributed by atoms with van der Waals surface area (Å²) in [5.41, 5.74) is -0.351. The molecule has 0 N–H and O–H groups in total. The number of hydrogen-bond donors (Lipinski definition) is 0. The zero-order valence-corrected chi connectivity index (χ0v) is 9.73. The van der Waals surface area contributed by atoms with Crippen molar-refractivity contribution in [3.63, 3.8) is 0 Å². The highest BCUT2D eigenvalue weighted by molar-refractivity contribution is 7.87. The van der Waals surface area contributed by atoms with Gasteiger partial charge in [0.1, 0.15) is 10.1 Å². The molecule has 2 rings (SSSR count). The fourth-order valence-electron chi connectivity index (χ4n) is 3.60. The summed E-state index contributed by atoms with van der Waals surface area (Å²) in [6.07, 6.45) is 2.92. The van der Waals surface area contributed by atoms with E-state index < -0.39 is 14.9 Å². The molecule has 2 aliphatic carbocycles. The van der Waals surface area contributed by atoms with Crippen molar-refractivity contribution >= 4 is 10.1 Å². The molecule has 0 amide bonds. The van der Waals surface area contributed by atoms with Crippen LogP contribution >= 0.6 is 0 Å². The van der Waals surface area contributed by atoms with Crippen LogP contribution < -0.4 is 0 Å². The fraction of sp³-hybridized carbons (Fsp3) is 1.00. The average Bonchev–Trinajstić information content (AvgIpc) is 2.52. The molecule has 2 saturated carbocycles. The van der Waals surface area contributed by atoms with Crippen LogP contribution in [0.25, 0.3) is 0 Å². The summed E-state index contributed by atoms with van der Waals surface area (Å²) in [6.45, 7) is 5.53. The molecule has 0 aliphatic heterocycles. The molecule has 0 aromatic carbocycles. The minimum Gasteiger partial charge on any atom is -0.748 e. The monoisotopic (exact) mass is 217 g/mol. The Morgan fingerprint density at radius 2 is 1.64 bits per heavy atom. The first kappa shape index (κ1) is 10.4. The standard InChI is InChI=1S/C10H18O3S/c1-9(2)7-4-5-8(6-7)10(9,3)14(11,12)13/h7-8H,4-6H2,1-3H3,(H,11,12,13)/p-1/t7-,8+,10+/m0/s1. The van der Waals surface area contributed by atoms with Crippen LogP contribution in [0.2, 0.25) is 0 Å². The van der Waals surface area contributed by atoms with Crippen molar-refractivity contribution < 1.29 is 13.0 Å². The zero-order chi connectivity index (χ0) is 10.8. The van der Waals surface area contributed by atoms with Gasteiger partial charge in [0.2, 0.25) is 0 Å². The van der Waals surface area contributed by atoms with E-state index in [1.54, 1.807) is 6.92 Å². The van der Waals surface area contributed by atoms with Crippen molar-refractivity contribution in [3.05, 3.63) is 0 Å².